The van der Waals surface area contributed by atoms with E-state index in [-0.39, 0.29) is 11.8 Å². The van der Waals surface area contributed by atoms with Crippen molar-refractivity contribution in [1.82, 2.24) is 14.9 Å². The molecular weight excluding hydrogens is 370 g/mol. The van der Waals surface area contributed by atoms with Gasteiger partial charge in [-0.1, -0.05) is 54.1 Å². The maximum Gasteiger partial charge on any atom is 0.222 e. The van der Waals surface area contributed by atoms with Crippen molar-refractivity contribution in [3.63, 3.8) is 0 Å². The van der Waals surface area contributed by atoms with Gasteiger partial charge < -0.3 is 4.90 Å². The number of amides is 1. The van der Waals surface area contributed by atoms with Crippen LogP contribution in [0.15, 0.2) is 67.0 Å². The molecule has 4 heteroatoms. The molecule has 1 aliphatic rings. The monoisotopic (exact) mass is 399 g/mol. The molecule has 4 rings (SSSR count). The van der Waals surface area contributed by atoms with E-state index < -0.39 is 0 Å². The lowest BCUT2D eigenvalue weighted by Gasteiger charge is -2.33. The second kappa shape index (κ2) is 9.66. The quantitative estimate of drug-likeness (QED) is 0.574. The Labute approximate surface area is 179 Å². The summed E-state index contributed by atoms with van der Waals surface area (Å²) >= 11 is 0. The molecule has 1 saturated heterocycles. The van der Waals surface area contributed by atoms with E-state index in [1.807, 2.05) is 11.0 Å². The Morgan fingerprint density at radius 3 is 2.73 bits per heavy atom. The van der Waals surface area contributed by atoms with E-state index in [4.69, 9.17) is 4.98 Å². The molecule has 0 spiro atoms. The largest absolute Gasteiger partial charge is 0.342 e. The van der Waals surface area contributed by atoms with Crippen LogP contribution < -0.4 is 0 Å². The molecule has 0 aliphatic carbocycles. The van der Waals surface area contributed by atoms with Crippen molar-refractivity contribution in [1.29, 1.82) is 0 Å². The van der Waals surface area contributed by atoms with E-state index in [9.17, 15) is 4.79 Å². The number of hydrogen-bond donors (Lipinski definition) is 0. The molecule has 1 aliphatic heterocycles. The normalized spacial score (nSPS) is 16.4. The van der Waals surface area contributed by atoms with E-state index in [2.05, 4.69) is 60.4 Å². The zero-order chi connectivity index (χ0) is 20.8. The molecule has 1 atom stereocenters. The maximum atomic E-state index is 12.9. The second-order valence-electron chi connectivity index (χ2n) is 8.18. The molecule has 1 fully saturated rings. The van der Waals surface area contributed by atoms with Gasteiger partial charge in [-0.25, -0.2) is 0 Å². The van der Waals surface area contributed by atoms with Gasteiger partial charge in [-0.05, 0) is 44.2 Å². The third kappa shape index (κ3) is 4.93. The van der Waals surface area contributed by atoms with Gasteiger partial charge in [0.05, 0.1) is 11.4 Å². The zero-order valence-electron chi connectivity index (χ0n) is 17.6. The molecule has 154 valence electrons. The first-order chi connectivity index (χ1) is 14.7. The van der Waals surface area contributed by atoms with Crippen LogP contribution in [0.5, 0.6) is 0 Å². The highest BCUT2D eigenvalue weighted by atomic mass is 16.2. The van der Waals surface area contributed by atoms with Gasteiger partial charge in [-0.3, -0.25) is 14.8 Å². The molecule has 30 heavy (non-hydrogen) atoms. The first-order valence-electron chi connectivity index (χ1n) is 10.9. The van der Waals surface area contributed by atoms with Gasteiger partial charge in [0.1, 0.15) is 0 Å². The topological polar surface area (TPSA) is 46.1 Å². The fourth-order valence-electron chi connectivity index (χ4n) is 4.34. The highest BCUT2D eigenvalue weighted by Crippen LogP contribution is 2.32. The summed E-state index contributed by atoms with van der Waals surface area (Å²) in [6.07, 6.45) is 8.04. The van der Waals surface area contributed by atoms with E-state index in [0.717, 1.165) is 55.7 Å². The minimum atomic E-state index is 0.237. The molecule has 1 unspecified atom stereocenters. The summed E-state index contributed by atoms with van der Waals surface area (Å²) in [6.45, 7) is 3.68. The number of aromatic nitrogens is 2. The molecule has 0 N–H and O–H groups in total. The average molecular weight is 400 g/mol. The van der Waals surface area contributed by atoms with Gasteiger partial charge in [-0.2, -0.15) is 0 Å². The van der Waals surface area contributed by atoms with E-state index in [1.165, 1.54) is 11.1 Å². The number of likely N-dealkylation sites (tertiary alicyclic amines) is 1. The van der Waals surface area contributed by atoms with Gasteiger partial charge in [0.2, 0.25) is 5.91 Å². The van der Waals surface area contributed by atoms with E-state index >= 15 is 0 Å². The summed E-state index contributed by atoms with van der Waals surface area (Å²) in [6, 6.07) is 18.8. The van der Waals surface area contributed by atoms with Gasteiger partial charge in [0.15, 0.2) is 0 Å². The average Bonchev–Trinajstić information content (AvgIpc) is 2.80. The summed E-state index contributed by atoms with van der Waals surface area (Å²) in [7, 11) is 0. The number of benzene rings is 2. The van der Waals surface area contributed by atoms with Gasteiger partial charge in [0, 0.05) is 43.4 Å². The number of carbonyl (C=O) groups is 1. The Morgan fingerprint density at radius 1 is 1.07 bits per heavy atom. The van der Waals surface area contributed by atoms with Crippen LogP contribution in [0.2, 0.25) is 0 Å². The van der Waals surface area contributed by atoms with Crippen molar-refractivity contribution >= 4 is 5.91 Å². The molecule has 4 nitrogen and oxygen atoms in total. The number of hydrogen-bond acceptors (Lipinski definition) is 3. The molecule has 0 bridgehead atoms. The lowest BCUT2D eigenvalue weighted by molar-refractivity contribution is -0.132. The number of rotatable bonds is 6. The first kappa shape index (κ1) is 20.3. The molecule has 0 saturated carbocycles. The number of nitrogens with zero attached hydrogens (tertiary/aromatic N) is 3. The summed E-state index contributed by atoms with van der Waals surface area (Å²) in [4.78, 5) is 24.2. The van der Waals surface area contributed by atoms with Crippen LogP contribution in [-0.2, 0) is 11.2 Å². The molecular formula is C26H29N3O. The molecule has 2 aromatic carbocycles. The summed E-state index contributed by atoms with van der Waals surface area (Å²) < 4.78 is 0. The lowest BCUT2D eigenvalue weighted by atomic mass is 9.91. The van der Waals surface area contributed by atoms with E-state index in [1.54, 1.807) is 12.4 Å². The summed E-state index contributed by atoms with van der Waals surface area (Å²) in [5, 5.41) is 0. The van der Waals surface area contributed by atoms with Crippen molar-refractivity contribution < 1.29 is 4.79 Å². The third-order valence-electron chi connectivity index (χ3n) is 5.88. The summed E-state index contributed by atoms with van der Waals surface area (Å²) in [5.74, 6) is 0.498. The Hall–Kier alpha value is -3.01. The number of piperidine rings is 1. The maximum absolute atomic E-state index is 12.9. The minimum absolute atomic E-state index is 0.237. The van der Waals surface area contributed by atoms with Crippen molar-refractivity contribution in [3.8, 4) is 11.3 Å². The van der Waals surface area contributed by atoms with Crippen LogP contribution in [-0.4, -0.2) is 33.9 Å². The number of aryl methyl sites for hydroxylation is 2. The highest BCUT2D eigenvalue weighted by molar-refractivity contribution is 5.76. The van der Waals surface area contributed by atoms with Crippen LogP contribution in [0.4, 0.5) is 0 Å². The fourth-order valence-corrected chi connectivity index (χ4v) is 4.34. The highest BCUT2D eigenvalue weighted by Gasteiger charge is 2.27. The lowest BCUT2D eigenvalue weighted by Crippen LogP contribution is -2.39. The first-order valence-corrected chi connectivity index (χ1v) is 10.9. The fraction of sp³-hybridized carbons (Fsp3) is 0.346. The number of carbonyl (C=O) groups excluding carboxylic acids is 1. The van der Waals surface area contributed by atoms with Crippen LogP contribution in [0.25, 0.3) is 11.3 Å². The van der Waals surface area contributed by atoms with Gasteiger partial charge >= 0.3 is 0 Å². The SMILES string of the molecule is Cc1cccc(-c2nccnc2C2CCCN(C(=O)CCCc3ccccc3)C2)c1. The van der Waals surface area contributed by atoms with Crippen molar-refractivity contribution in [2.45, 2.75) is 44.9 Å². The van der Waals surface area contributed by atoms with Crippen molar-refractivity contribution in [2.75, 3.05) is 13.1 Å². The van der Waals surface area contributed by atoms with Crippen LogP contribution >= 0.6 is 0 Å². The van der Waals surface area contributed by atoms with Gasteiger partial charge in [-0.15, -0.1) is 0 Å². The van der Waals surface area contributed by atoms with Crippen molar-refractivity contribution in [3.05, 3.63) is 83.8 Å². The standard InChI is InChI=1S/C26H29N3O/c1-20-8-5-12-22(18-20)25-26(28-16-15-27-25)23-13-7-17-29(19-23)24(30)14-6-11-21-9-3-2-4-10-21/h2-5,8-10,12,15-16,18,23H,6-7,11,13-14,17,19H2,1H3. The molecule has 2 heterocycles. The van der Waals surface area contributed by atoms with Crippen LogP contribution in [0.3, 0.4) is 0 Å². The zero-order valence-corrected chi connectivity index (χ0v) is 17.6. The molecule has 3 aromatic rings. The molecule has 1 aromatic heterocycles. The van der Waals surface area contributed by atoms with Gasteiger partial charge in [0.25, 0.3) is 0 Å². The van der Waals surface area contributed by atoms with Crippen molar-refractivity contribution in [2.24, 2.45) is 0 Å². The predicted molar refractivity (Wildman–Crippen MR) is 120 cm³/mol. The minimum Gasteiger partial charge on any atom is -0.342 e. The summed E-state index contributed by atoms with van der Waals surface area (Å²) in [5.41, 5.74) is 5.58. The Kier molecular flexibility index (Phi) is 6.53. The Morgan fingerprint density at radius 2 is 1.90 bits per heavy atom. The van der Waals surface area contributed by atoms with Crippen LogP contribution in [0.1, 0.15) is 48.4 Å². The van der Waals surface area contributed by atoms with E-state index in [0.29, 0.717) is 6.42 Å². The Bertz CT molecular complexity index is 986. The molecule has 0 radical (unpaired) electrons. The van der Waals surface area contributed by atoms with Crippen LogP contribution in [0, 0.1) is 6.92 Å². The smallest absolute Gasteiger partial charge is 0.222 e. The Balaban J connectivity index is 1.42. The second-order valence-corrected chi connectivity index (χ2v) is 8.18. The third-order valence-corrected chi connectivity index (χ3v) is 5.88. The predicted octanol–water partition coefficient (Wildman–Crippen LogP) is 5.18. The molecule has 1 amide bonds.